The van der Waals surface area contributed by atoms with E-state index in [9.17, 15) is 9.50 Å². The second-order valence-corrected chi connectivity index (χ2v) is 8.61. The summed E-state index contributed by atoms with van der Waals surface area (Å²) >= 11 is 0. The molecule has 0 spiro atoms. The highest BCUT2D eigenvalue weighted by Crippen LogP contribution is 2.62. The standard InChI is InChI=1S/C20H28FNO2/c1-13(22-11-16-6-17(21)3-4-18(16)24-2)19-7-14-5-15(8-19)10-20(23,9-14)12-19/h3-4,6,13-15,22-23H,5,7-12H2,1-2H3. The van der Waals surface area contributed by atoms with Gasteiger partial charge in [-0.15, -0.1) is 0 Å². The van der Waals surface area contributed by atoms with Gasteiger partial charge in [-0.2, -0.15) is 0 Å². The maximum atomic E-state index is 13.6. The smallest absolute Gasteiger partial charge is 0.123 e. The quantitative estimate of drug-likeness (QED) is 0.864. The molecule has 4 heteroatoms. The van der Waals surface area contributed by atoms with Gasteiger partial charge in [-0.05, 0) is 80.9 Å². The zero-order valence-corrected chi connectivity index (χ0v) is 14.6. The molecule has 0 radical (unpaired) electrons. The fraction of sp³-hybridized carbons (Fsp3) is 0.700. The molecule has 5 rings (SSSR count). The lowest BCUT2D eigenvalue weighted by molar-refractivity contribution is -0.172. The molecule has 0 amide bonds. The van der Waals surface area contributed by atoms with Crippen LogP contribution in [0.5, 0.6) is 5.75 Å². The monoisotopic (exact) mass is 333 g/mol. The number of aliphatic hydroxyl groups is 1. The van der Waals surface area contributed by atoms with E-state index in [2.05, 4.69) is 12.2 Å². The first-order chi connectivity index (χ1) is 11.4. The number of methoxy groups -OCH3 is 1. The van der Waals surface area contributed by atoms with Gasteiger partial charge < -0.3 is 15.2 Å². The van der Waals surface area contributed by atoms with Crippen LogP contribution in [0, 0.1) is 23.1 Å². The Balaban J connectivity index is 1.49. The molecule has 0 heterocycles. The van der Waals surface area contributed by atoms with E-state index in [4.69, 9.17) is 4.74 Å². The minimum atomic E-state index is -0.434. The van der Waals surface area contributed by atoms with Crippen LogP contribution < -0.4 is 10.1 Å². The molecule has 132 valence electrons. The van der Waals surface area contributed by atoms with Gasteiger partial charge in [-0.25, -0.2) is 4.39 Å². The minimum Gasteiger partial charge on any atom is -0.496 e. The van der Waals surface area contributed by atoms with Crippen LogP contribution in [-0.2, 0) is 6.54 Å². The maximum Gasteiger partial charge on any atom is 0.123 e. The molecule has 3 unspecified atom stereocenters. The third-order valence-corrected chi connectivity index (χ3v) is 6.84. The van der Waals surface area contributed by atoms with Crippen molar-refractivity contribution in [3.63, 3.8) is 0 Å². The van der Waals surface area contributed by atoms with Crippen molar-refractivity contribution in [3.8, 4) is 5.75 Å². The largest absolute Gasteiger partial charge is 0.496 e. The van der Waals surface area contributed by atoms with Gasteiger partial charge in [0.1, 0.15) is 11.6 Å². The van der Waals surface area contributed by atoms with Crippen LogP contribution in [0.3, 0.4) is 0 Å². The van der Waals surface area contributed by atoms with Crippen molar-refractivity contribution >= 4 is 0 Å². The average molecular weight is 333 g/mol. The molecule has 0 aliphatic heterocycles. The predicted octanol–water partition coefficient (Wildman–Crippen LogP) is 3.64. The third-order valence-electron chi connectivity index (χ3n) is 6.84. The van der Waals surface area contributed by atoms with Gasteiger partial charge in [0, 0.05) is 18.2 Å². The van der Waals surface area contributed by atoms with Crippen molar-refractivity contribution < 1.29 is 14.2 Å². The molecule has 4 bridgehead atoms. The first-order valence-corrected chi connectivity index (χ1v) is 9.20. The molecule has 4 aliphatic rings. The van der Waals surface area contributed by atoms with Crippen molar-refractivity contribution in [2.24, 2.45) is 17.3 Å². The second-order valence-electron chi connectivity index (χ2n) is 8.61. The Bertz CT molecular complexity index is 618. The summed E-state index contributed by atoms with van der Waals surface area (Å²) in [6.07, 6.45) is 6.65. The first-order valence-electron chi connectivity index (χ1n) is 9.20. The van der Waals surface area contributed by atoms with Crippen LogP contribution in [0.15, 0.2) is 18.2 Å². The van der Waals surface area contributed by atoms with E-state index in [0.29, 0.717) is 24.4 Å². The normalized spacial score (nSPS) is 38.3. The van der Waals surface area contributed by atoms with Gasteiger partial charge >= 0.3 is 0 Å². The Morgan fingerprint density at radius 1 is 1.29 bits per heavy atom. The Morgan fingerprint density at radius 3 is 2.62 bits per heavy atom. The Labute approximate surface area is 143 Å². The molecule has 0 aromatic heterocycles. The van der Waals surface area contributed by atoms with Crippen LogP contribution in [0.1, 0.15) is 51.0 Å². The van der Waals surface area contributed by atoms with Crippen LogP contribution >= 0.6 is 0 Å². The number of nitrogens with one attached hydrogen (secondary N) is 1. The number of halogens is 1. The predicted molar refractivity (Wildman–Crippen MR) is 91.3 cm³/mol. The highest BCUT2D eigenvalue weighted by molar-refractivity contribution is 5.33. The molecule has 2 N–H and O–H groups in total. The van der Waals surface area contributed by atoms with Crippen molar-refractivity contribution in [2.75, 3.05) is 7.11 Å². The number of hydrogen-bond acceptors (Lipinski definition) is 3. The molecule has 0 saturated heterocycles. The molecule has 1 aromatic rings. The Kier molecular flexibility index (Phi) is 3.88. The summed E-state index contributed by atoms with van der Waals surface area (Å²) in [5.74, 6) is 1.86. The lowest BCUT2D eigenvalue weighted by Gasteiger charge is -2.62. The van der Waals surface area contributed by atoms with Crippen molar-refractivity contribution in [1.82, 2.24) is 5.32 Å². The van der Waals surface area contributed by atoms with E-state index in [0.717, 1.165) is 30.6 Å². The van der Waals surface area contributed by atoms with Gasteiger partial charge in [0.2, 0.25) is 0 Å². The topological polar surface area (TPSA) is 41.5 Å². The van der Waals surface area contributed by atoms with Crippen LogP contribution in [-0.4, -0.2) is 23.9 Å². The zero-order valence-electron chi connectivity index (χ0n) is 14.6. The molecule has 3 atom stereocenters. The number of rotatable bonds is 5. The molecule has 3 nitrogen and oxygen atoms in total. The summed E-state index contributed by atoms with van der Waals surface area (Å²) < 4.78 is 18.9. The summed E-state index contributed by atoms with van der Waals surface area (Å²) in [7, 11) is 1.62. The van der Waals surface area contributed by atoms with Gasteiger partial charge in [0.25, 0.3) is 0 Å². The van der Waals surface area contributed by atoms with Crippen LogP contribution in [0.2, 0.25) is 0 Å². The Hall–Kier alpha value is -1.13. The van der Waals surface area contributed by atoms with E-state index in [-0.39, 0.29) is 11.2 Å². The van der Waals surface area contributed by atoms with Gasteiger partial charge in [-0.1, -0.05) is 0 Å². The molecule has 4 fully saturated rings. The molecular weight excluding hydrogens is 305 g/mol. The molecular formula is C20H28FNO2. The van der Waals surface area contributed by atoms with E-state index in [1.807, 2.05) is 0 Å². The SMILES string of the molecule is COc1ccc(F)cc1CNC(C)C12CC3CC(CC(O)(C3)C1)C2. The van der Waals surface area contributed by atoms with E-state index in [1.54, 1.807) is 19.2 Å². The second kappa shape index (κ2) is 5.70. The molecule has 1 aromatic carbocycles. The van der Waals surface area contributed by atoms with E-state index < -0.39 is 5.60 Å². The highest BCUT2D eigenvalue weighted by Gasteiger charge is 2.58. The van der Waals surface area contributed by atoms with Crippen molar-refractivity contribution in [3.05, 3.63) is 29.6 Å². The van der Waals surface area contributed by atoms with Crippen molar-refractivity contribution in [2.45, 2.75) is 63.6 Å². The van der Waals surface area contributed by atoms with E-state index in [1.165, 1.54) is 25.3 Å². The Morgan fingerprint density at radius 2 is 2.00 bits per heavy atom. The third kappa shape index (κ3) is 2.74. The summed E-state index contributed by atoms with van der Waals surface area (Å²) in [6.45, 7) is 2.83. The molecule has 4 saturated carbocycles. The minimum absolute atomic E-state index is 0.194. The molecule has 4 aliphatic carbocycles. The van der Waals surface area contributed by atoms with Crippen LogP contribution in [0.25, 0.3) is 0 Å². The summed E-state index contributed by atoms with van der Waals surface area (Å²) in [5.41, 5.74) is 0.614. The number of ether oxygens (including phenoxy) is 1. The van der Waals surface area contributed by atoms with Gasteiger partial charge in [0.15, 0.2) is 0 Å². The highest BCUT2D eigenvalue weighted by atomic mass is 19.1. The maximum absolute atomic E-state index is 13.6. The van der Waals surface area contributed by atoms with Gasteiger partial charge in [0.05, 0.1) is 12.7 Å². The lowest BCUT2D eigenvalue weighted by Crippen LogP contribution is -2.61. The summed E-state index contributed by atoms with van der Waals surface area (Å²) in [5, 5.41) is 14.5. The average Bonchev–Trinajstić information content (AvgIpc) is 2.50. The first kappa shape index (κ1) is 16.3. The summed E-state index contributed by atoms with van der Waals surface area (Å²) in [6, 6.07) is 4.97. The summed E-state index contributed by atoms with van der Waals surface area (Å²) in [4.78, 5) is 0. The number of benzene rings is 1. The fourth-order valence-corrected chi connectivity index (χ4v) is 6.16. The number of hydrogen-bond donors (Lipinski definition) is 2. The van der Waals surface area contributed by atoms with Crippen molar-refractivity contribution in [1.29, 1.82) is 0 Å². The lowest BCUT2D eigenvalue weighted by atomic mass is 9.46. The van der Waals surface area contributed by atoms with E-state index >= 15 is 0 Å². The molecule has 24 heavy (non-hydrogen) atoms. The fourth-order valence-electron chi connectivity index (χ4n) is 6.16. The zero-order chi connectivity index (χ0) is 16.9. The van der Waals surface area contributed by atoms with Gasteiger partial charge in [-0.3, -0.25) is 0 Å². The van der Waals surface area contributed by atoms with Crippen LogP contribution in [0.4, 0.5) is 4.39 Å².